The summed E-state index contributed by atoms with van der Waals surface area (Å²) in [7, 11) is 1.29. The predicted molar refractivity (Wildman–Crippen MR) is 120 cm³/mol. The molecular formula is C23H21FN6O4. The van der Waals surface area contributed by atoms with Gasteiger partial charge in [-0.15, -0.1) is 0 Å². The van der Waals surface area contributed by atoms with E-state index in [1.165, 1.54) is 31.3 Å². The van der Waals surface area contributed by atoms with E-state index in [2.05, 4.69) is 20.6 Å². The van der Waals surface area contributed by atoms with Gasteiger partial charge in [0, 0.05) is 26.4 Å². The summed E-state index contributed by atoms with van der Waals surface area (Å²) >= 11 is 0. The standard InChI is InChI=1S/C23H21FN6O4/c1-14-3-5-15(6-4-14)13-25-18(31)11-12-19-26-21(28-34-19)20-22(32)29(2)23(33)30(27-20)17-9-7-16(24)8-10-17/h3-10H,11-13H2,1-2H3,(H,25,31). The second-order valence-corrected chi connectivity index (χ2v) is 7.66. The quantitative estimate of drug-likeness (QED) is 0.441. The van der Waals surface area contributed by atoms with E-state index in [0.29, 0.717) is 6.54 Å². The first kappa shape index (κ1) is 22.8. The van der Waals surface area contributed by atoms with Gasteiger partial charge in [0.15, 0.2) is 5.69 Å². The summed E-state index contributed by atoms with van der Waals surface area (Å²) in [5.74, 6) is -0.651. The van der Waals surface area contributed by atoms with Crippen molar-refractivity contribution in [2.24, 2.45) is 7.05 Å². The molecule has 4 rings (SSSR count). The highest BCUT2D eigenvalue weighted by molar-refractivity contribution is 5.76. The normalized spacial score (nSPS) is 10.9. The Morgan fingerprint density at radius 2 is 1.79 bits per heavy atom. The first-order chi connectivity index (χ1) is 16.3. The molecule has 1 amide bonds. The minimum absolute atomic E-state index is 0.105. The number of carbonyl (C=O) groups is 1. The summed E-state index contributed by atoms with van der Waals surface area (Å²) in [6.07, 6.45) is 0.263. The van der Waals surface area contributed by atoms with Crippen LogP contribution in [0.25, 0.3) is 17.2 Å². The fourth-order valence-corrected chi connectivity index (χ4v) is 3.13. The lowest BCUT2D eigenvalue weighted by atomic mass is 10.1. The van der Waals surface area contributed by atoms with Crippen LogP contribution in [0.1, 0.15) is 23.4 Å². The molecule has 4 aromatic rings. The molecule has 0 aliphatic heterocycles. The molecule has 0 bridgehead atoms. The van der Waals surface area contributed by atoms with Crippen LogP contribution in [0.5, 0.6) is 0 Å². The number of hydrogen-bond acceptors (Lipinski definition) is 7. The van der Waals surface area contributed by atoms with E-state index in [-0.39, 0.29) is 41.8 Å². The van der Waals surface area contributed by atoms with Crippen LogP contribution < -0.4 is 16.6 Å². The first-order valence-electron chi connectivity index (χ1n) is 10.4. The van der Waals surface area contributed by atoms with Crippen molar-refractivity contribution < 1.29 is 13.7 Å². The number of nitrogens with one attached hydrogen (secondary N) is 1. The molecule has 0 aliphatic rings. The van der Waals surface area contributed by atoms with Gasteiger partial charge in [-0.05, 0) is 36.8 Å². The van der Waals surface area contributed by atoms with E-state index in [4.69, 9.17) is 4.52 Å². The molecule has 0 saturated heterocycles. The Morgan fingerprint density at radius 1 is 1.09 bits per heavy atom. The third-order valence-corrected chi connectivity index (χ3v) is 5.10. The van der Waals surface area contributed by atoms with Gasteiger partial charge < -0.3 is 9.84 Å². The topological polar surface area (TPSA) is 125 Å². The lowest BCUT2D eigenvalue weighted by Gasteiger charge is -2.07. The Kier molecular flexibility index (Phi) is 6.44. The second-order valence-electron chi connectivity index (χ2n) is 7.66. The van der Waals surface area contributed by atoms with Crippen molar-refractivity contribution in [1.29, 1.82) is 0 Å². The highest BCUT2D eigenvalue weighted by atomic mass is 19.1. The second kappa shape index (κ2) is 9.61. The number of carbonyl (C=O) groups excluding carboxylic acids is 1. The third-order valence-electron chi connectivity index (χ3n) is 5.10. The summed E-state index contributed by atoms with van der Waals surface area (Å²) in [4.78, 5) is 41.4. The Labute approximate surface area is 192 Å². The number of halogens is 1. The maximum atomic E-state index is 13.2. The fourth-order valence-electron chi connectivity index (χ4n) is 3.13. The van der Waals surface area contributed by atoms with Gasteiger partial charge in [0.1, 0.15) is 5.82 Å². The average molecular weight is 464 g/mol. The molecule has 11 heteroatoms. The SMILES string of the molecule is Cc1ccc(CNC(=O)CCc2nc(-c3nn(-c4ccc(F)cc4)c(=O)n(C)c3=O)no2)cc1. The van der Waals surface area contributed by atoms with E-state index < -0.39 is 17.1 Å². The molecule has 0 saturated carbocycles. The van der Waals surface area contributed by atoms with Crippen LogP contribution in [-0.2, 0) is 24.8 Å². The molecule has 1 N–H and O–H groups in total. The third kappa shape index (κ3) is 4.98. The minimum Gasteiger partial charge on any atom is -0.352 e. The van der Waals surface area contributed by atoms with Gasteiger partial charge in [-0.3, -0.25) is 14.2 Å². The minimum atomic E-state index is -0.716. The molecule has 34 heavy (non-hydrogen) atoms. The molecule has 0 atom stereocenters. The molecule has 0 radical (unpaired) electrons. The van der Waals surface area contributed by atoms with Crippen LogP contribution in [0, 0.1) is 12.7 Å². The Hall–Kier alpha value is -4.41. The first-order valence-corrected chi connectivity index (χ1v) is 10.4. The van der Waals surface area contributed by atoms with E-state index in [9.17, 15) is 18.8 Å². The molecule has 2 aromatic heterocycles. The Balaban J connectivity index is 1.47. The van der Waals surface area contributed by atoms with E-state index in [0.717, 1.165) is 20.4 Å². The van der Waals surface area contributed by atoms with Gasteiger partial charge in [0.25, 0.3) is 5.56 Å². The maximum Gasteiger partial charge on any atom is 0.351 e. The summed E-state index contributed by atoms with van der Waals surface area (Å²) in [5.41, 5.74) is 0.736. The number of hydrogen-bond donors (Lipinski definition) is 1. The van der Waals surface area contributed by atoms with Crippen molar-refractivity contribution in [3.8, 4) is 17.2 Å². The average Bonchev–Trinajstić information content (AvgIpc) is 3.30. The number of aromatic nitrogens is 5. The maximum absolute atomic E-state index is 13.2. The molecule has 10 nitrogen and oxygen atoms in total. The molecule has 0 unspecified atom stereocenters. The van der Waals surface area contributed by atoms with Crippen LogP contribution in [0.3, 0.4) is 0 Å². The molecule has 174 valence electrons. The molecule has 0 fully saturated rings. The van der Waals surface area contributed by atoms with Gasteiger partial charge in [-0.1, -0.05) is 35.0 Å². The number of nitrogens with zero attached hydrogens (tertiary/aromatic N) is 5. The molecular weight excluding hydrogens is 443 g/mol. The van der Waals surface area contributed by atoms with Gasteiger partial charge in [0.2, 0.25) is 17.6 Å². The number of aryl methyl sites for hydroxylation is 2. The zero-order valence-electron chi connectivity index (χ0n) is 18.5. The van der Waals surface area contributed by atoms with Crippen molar-refractivity contribution in [2.45, 2.75) is 26.3 Å². The van der Waals surface area contributed by atoms with Gasteiger partial charge in [-0.25, -0.2) is 9.18 Å². The van der Waals surface area contributed by atoms with Crippen molar-refractivity contribution in [2.75, 3.05) is 0 Å². The van der Waals surface area contributed by atoms with Crippen molar-refractivity contribution >= 4 is 5.91 Å². The highest BCUT2D eigenvalue weighted by Crippen LogP contribution is 2.11. The van der Waals surface area contributed by atoms with E-state index in [1.54, 1.807) is 0 Å². The van der Waals surface area contributed by atoms with Crippen LogP contribution in [0.4, 0.5) is 4.39 Å². The Bertz CT molecular complexity index is 1440. The number of benzene rings is 2. The van der Waals surface area contributed by atoms with Crippen LogP contribution in [0.15, 0.2) is 62.6 Å². The number of amides is 1. The van der Waals surface area contributed by atoms with Crippen molar-refractivity contribution in [1.82, 2.24) is 29.8 Å². The fraction of sp³-hybridized carbons (Fsp3) is 0.217. The zero-order chi connectivity index (χ0) is 24.2. The van der Waals surface area contributed by atoms with E-state index >= 15 is 0 Å². The van der Waals surface area contributed by atoms with Gasteiger partial charge >= 0.3 is 5.69 Å². The Morgan fingerprint density at radius 3 is 2.50 bits per heavy atom. The van der Waals surface area contributed by atoms with Crippen LogP contribution >= 0.6 is 0 Å². The summed E-state index contributed by atoms with van der Waals surface area (Å²) in [5, 5.41) is 10.7. The number of rotatable bonds is 7. The van der Waals surface area contributed by atoms with E-state index in [1.807, 2.05) is 31.2 Å². The lowest BCUT2D eigenvalue weighted by Crippen LogP contribution is -2.40. The molecule has 2 heterocycles. The lowest BCUT2D eigenvalue weighted by molar-refractivity contribution is -0.121. The molecule has 2 aromatic carbocycles. The van der Waals surface area contributed by atoms with Gasteiger partial charge in [-0.2, -0.15) is 14.8 Å². The smallest absolute Gasteiger partial charge is 0.351 e. The zero-order valence-corrected chi connectivity index (χ0v) is 18.5. The summed E-state index contributed by atoms with van der Waals surface area (Å²) in [6, 6.07) is 12.9. The van der Waals surface area contributed by atoms with Crippen molar-refractivity contribution in [3.63, 3.8) is 0 Å². The monoisotopic (exact) mass is 464 g/mol. The predicted octanol–water partition coefficient (Wildman–Crippen LogP) is 1.68. The highest BCUT2D eigenvalue weighted by Gasteiger charge is 2.19. The van der Waals surface area contributed by atoms with Gasteiger partial charge in [0.05, 0.1) is 5.69 Å². The molecule has 0 spiro atoms. The summed E-state index contributed by atoms with van der Waals surface area (Å²) in [6.45, 7) is 2.39. The van der Waals surface area contributed by atoms with Crippen molar-refractivity contribution in [3.05, 3.63) is 92.2 Å². The largest absolute Gasteiger partial charge is 0.352 e. The van der Waals surface area contributed by atoms with Crippen LogP contribution in [-0.4, -0.2) is 30.4 Å². The molecule has 0 aliphatic carbocycles. The van der Waals surface area contributed by atoms with Crippen LogP contribution in [0.2, 0.25) is 0 Å². The summed E-state index contributed by atoms with van der Waals surface area (Å²) < 4.78 is 20.2.